The van der Waals surface area contributed by atoms with Crippen LogP contribution in [0.3, 0.4) is 0 Å². The summed E-state index contributed by atoms with van der Waals surface area (Å²) in [5, 5.41) is 18.7. The van der Waals surface area contributed by atoms with Gasteiger partial charge in [0.1, 0.15) is 0 Å². The summed E-state index contributed by atoms with van der Waals surface area (Å²) in [5.74, 6) is 0. The summed E-state index contributed by atoms with van der Waals surface area (Å²) in [4.78, 5) is 9.09. The number of benzene rings is 2. The predicted octanol–water partition coefficient (Wildman–Crippen LogP) is 5.38. The van der Waals surface area contributed by atoms with Gasteiger partial charge in [0.05, 0.1) is 23.4 Å². The van der Waals surface area contributed by atoms with E-state index in [9.17, 15) is 10.5 Å². The molecule has 0 radical (unpaired) electrons. The Hall–Kier alpha value is -3.50. The van der Waals surface area contributed by atoms with Gasteiger partial charge in [-0.3, -0.25) is 4.99 Å². The van der Waals surface area contributed by atoms with Gasteiger partial charge in [-0.25, -0.2) is 0 Å². The van der Waals surface area contributed by atoms with E-state index in [0.29, 0.717) is 11.6 Å². The van der Waals surface area contributed by atoms with E-state index < -0.39 is 0 Å². The van der Waals surface area contributed by atoms with Gasteiger partial charge >= 0.3 is 0 Å². The molecule has 1 spiro atoms. The Morgan fingerprint density at radius 3 is 2.77 bits per heavy atom. The molecule has 0 saturated carbocycles. The minimum Gasteiger partial charge on any atom is -0.289 e. The maximum absolute atomic E-state index is 9.48. The molecule has 2 aromatic carbocycles. The molecule has 5 rings (SSSR count). The monoisotopic (exact) mass is 390 g/mol. The average molecular weight is 390 g/mol. The molecule has 2 aliphatic carbocycles. The zero-order valence-corrected chi connectivity index (χ0v) is 17.0. The van der Waals surface area contributed by atoms with Crippen LogP contribution in [0, 0.1) is 28.2 Å². The number of allylic oxidation sites excluding steroid dienone is 1. The first-order valence-electron chi connectivity index (χ1n) is 10.5. The summed E-state index contributed by atoms with van der Waals surface area (Å²) in [7, 11) is 0. The van der Waals surface area contributed by atoms with Crippen molar-refractivity contribution in [2.24, 2.45) is 15.4 Å². The van der Waals surface area contributed by atoms with Gasteiger partial charge in [-0.05, 0) is 72.6 Å². The summed E-state index contributed by atoms with van der Waals surface area (Å²) in [6.07, 6.45) is 9.05. The fraction of sp³-hybridized carbons (Fsp3) is 0.308. The third-order valence-corrected chi connectivity index (χ3v) is 6.81. The molecule has 1 heterocycles. The summed E-state index contributed by atoms with van der Waals surface area (Å²) in [5.41, 5.74) is 8.70. The van der Waals surface area contributed by atoms with Crippen LogP contribution < -0.4 is 0 Å². The van der Waals surface area contributed by atoms with Crippen LogP contribution >= 0.6 is 0 Å². The SMILES string of the molecule is CCC1CC2=C(C=N1)CC1(C2)Cc2ccc(-c3cccc(C#N)c3)cc2C1=NC#N. The second kappa shape index (κ2) is 7.08. The predicted molar refractivity (Wildman–Crippen MR) is 118 cm³/mol. The number of rotatable bonds is 2. The van der Waals surface area contributed by atoms with Gasteiger partial charge in [-0.15, -0.1) is 0 Å². The first kappa shape index (κ1) is 18.5. The molecule has 30 heavy (non-hydrogen) atoms. The molecule has 0 N–H and O–H groups in total. The van der Waals surface area contributed by atoms with Gasteiger partial charge in [0.15, 0.2) is 0 Å². The first-order chi connectivity index (χ1) is 14.7. The van der Waals surface area contributed by atoms with E-state index >= 15 is 0 Å². The van der Waals surface area contributed by atoms with E-state index in [4.69, 9.17) is 4.99 Å². The van der Waals surface area contributed by atoms with Gasteiger partial charge in [0.25, 0.3) is 0 Å². The van der Waals surface area contributed by atoms with Gasteiger partial charge in [0.2, 0.25) is 6.19 Å². The van der Waals surface area contributed by atoms with E-state index in [1.807, 2.05) is 24.3 Å². The van der Waals surface area contributed by atoms with Crippen molar-refractivity contribution in [1.82, 2.24) is 0 Å². The number of nitriles is 2. The lowest BCUT2D eigenvalue weighted by Gasteiger charge is -2.24. The molecule has 4 heteroatoms. The van der Waals surface area contributed by atoms with E-state index in [-0.39, 0.29) is 5.41 Å². The standard InChI is InChI=1S/C26H22N4/c1-2-23-9-21-12-26(13-22(21)15-29-23)11-20-7-6-19(10-24(20)25(26)30-16-28)18-5-3-4-17(8-18)14-27/h3-8,10,15,23H,2,9,11-13H2,1H3. The zero-order chi connectivity index (χ0) is 20.7. The number of dihydropyridines is 1. The Bertz CT molecular complexity index is 1220. The molecular weight excluding hydrogens is 368 g/mol. The molecule has 3 aliphatic rings. The Morgan fingerprint density at radius 2 is 1.97 bits per heavy atom. The summed E-state index contributed by atoms with van der Waals surface area (Å²) in [6, 6.07) is 16.7. The maximum Gasteiger partial charge on any atom is 0.205 e. The van der Waals surface area contributed by atoms with Crippen LogP contribution in [0.1, 0.15) is 49.3 Å². The fourth-order valence-corrected chi connectivity index (χ4v) is 5.35. The number of fused-ring (bicyclic) bond motifs is 1. The van der Waals surface area contributed by atoms with E-state index in [0.717, 1.165) is 54.5 Å². The van der Waals surface area contributed by atoms with Crippen molar-refractivity contribution in [3.8, 4) is 23.4 Å². The van der Waals surface area contributed by atoms with Crippen LogP contribution in [-0.2, 0) is 6.42 Å². The van der Waals surface area contributed by atoms with Crippen LogP contribution in [0.15, 0.2) is 63.6 Å². The number of hydrogen-bond donors (Lipinski definition) is 0. The zero-order valence-electron chi connectivity index (χ0n) is 17.0. The minimum atomic E-state index is -0.121. The van der Waals surface area contributed by atoms with Crippen LogP contribution in [0.4, 0.5) is 0 Å². The number of hydrogen-bond acceptors (Lipinski definition) is 4. The van der Waals surface area contributed by atoms with Crippen molar-refractivity contribution in [2.75, 3.05) is 0 Å². The molecule has 0 fully saturated rings. The molecule has 0 bridgehead atoms. The quantitative estimate of drug-likeness (QED) is 0.646. The van der Waals surface area contributed by atoms with Crippen molar-refractivity contribution < 1.29 is 0 Å². The molecule has 146 valence electrons. The van der Waals surface area contributed by atoms with E-state index in [1.165, 1.54) is 16.7 Å². The fourth-order valence-electron chi connectivity index (χ4n) is 5.35. The van der Waals surface area contributed by atoms with Gasteiger partial charge in [-0.1, -0.05) is 36.8 Å². The van der Waals surface area contributed by atoms with Crippen LogP contribution in [-0.4, -0.2) is 18.0 Å². The smallest absolute Gasteiger partial charge is 0.205 e. The number of aliphatic imine (C=N–C) groups is 2. The Balaban J connectivity index is 1.53. The summed E-state index contributed by atoms with van der Waals surface area (Å²) >= 11 is 0. The van der Waals surface area contributed by atoms with E-state index in [1.54, 1.807) is 0 Å². The third-order valence-electron chi connectivity index (χ3n) is 6.81. The van der Waals surface area contributed by atoms with Crippen molar-refractivity contribution in [3.63, 3.8) is 0 Å². The summed E-state index contributed by atoms with van der Waals surface area (Å²) < 4.78 is 0. The molecule has 0 saturated heterocycles. The van der Waals surface area contributed by atoms with E-state index in [2.05, 4.69) is 48.6 Å². The van der Waals surface area contributed by atoms with Gasteiger partial charge in [0, 0.05) is 17.2 Å². The van der Waals surface area contributed by atoms with Crippen molar-refractivity contribution in [2.45, 2.75) is 45.1 Å². The normalized spacial score (nSPS) is 25.3. The molecule has 0 amide bonds. The second-order valence-electron chi connectivity index (χ2n) is 8.61. The van der Waals surface area contributed by atoms with Crippen molar-refractivity contribution in [3.05, 3.63) is 70.3 Å². The van der Waals surface area contributed by atoms with Crippen LogP contribution in [0.25, 0.3) is 11.1 Å². The Kier molecular flexibility index (Phi) is 4.37. The highest BCUT2D eigenvalue weighted by molar-refractivity contribution is 6.11. The first-order valence-corrected chi connectivity index (χ1v) is 10.5. The largest absolute Gasteiger partial charge is 0.289 e. The highest BCUT2D eigenvalue weighted by Crippen LogP contribution is 2.53. The molecule has 2 unspecified atom stereocenters. The van der Waals surface area contributed by atoms with Gasteiger partial charge in [-0.2, -0.15) is 15.5 Å². The average Bonchev–Trinajstić information content (AvgIpc) is 3.29. The molecule has 0 aromatic heterocycles. The van der Waals surface area contributed by atoms with Crippen molar-refractivity contribution in [1.29, 1.82) is 10.5 Å². The highest BCUT2D eigenvalue weighted by Gasteiger charge is 2.48. The topological polar surface area (TPSA) is 72.3 Å². The molecule has 1 aliphatic heterocycles. The molecule has 4 nitrogen and oxygen atoms in total. The van der Waals surface area contributed by atoms with Crippen LogP contribution in [0.2, 0.25) is 0 Å². The lowest BCUT2D eigenvalue weighted by molar-refractivity contribution is 0.452. The highest BCUT2D eigenvalue weighted by atomic mass is 14.8. The van der Waals surface area contributed by atoms with Crippen molar-refractivity contribution >= 4 is 11.9 Å². The van der Waals surface area contributed by atoms with Crippen LogP contribution in [0.5, 0.6) is 0 Å². The molecule has 2 aromatic rings. The number of nitrogens with zero attached hydrogens (tertiary/aromatic N) is 4. The maximum atomic E-state index is 9.48. The lowest BCUT2D eigenvalue weighted by atomic mass is 9.79. The Labute approximate surface area is 176 Å². The Morgan fingerprint density at radius 1 is 1.10 bits per heavy atom. The molecular formula is C26H22N4. The lowest BCUT2D eigenvalue weighted by Crippen LogP contribution is -2.26. The minimum absolute atomic E-state index is 0.121. The third kappa shape index (κ3) is 2.88. The molecule has 2 atom stereocenters. The van der Waals surface area contributed by atoms with Gasteiger partial charge < -0.3 is 0 Å². The summed E-state index contributed by atoms with van der Waals surface area (Å²) in [6.45, 7) is 2.19. The second-order valence-corrected chi connectivity index (χ2v) is 8.61.